The molecule has 35 heavy (non-hydrogen) atoms. The van der Waals surface area contributed by atoms with Crippen molar-refractivity contribution in [3.05, 3.63) is 59.7 Å². The second-order valence-corrected chi connectivity index (χ2v) is 10.2. The van der Waals surface area contributed by atoms with Crippen molar-refractivity contribution in [1.29, 1.82) is 0 Å². The number of nitrogens with zero attached hydrogens (tertiary/aromatic N) is 1. The van der Waals surface area contributed by atoms with Gasteiger partial charge in [-0.25, -0.2) is 4.79 Å². The average molecular weight is 477 g/mol. The van der Waals surface area contributed by atoms with Crippen LogP contribution in [0.3, 0.4) is 0 Å². The number of likely N-dealkylation sites (tertiary alicyclic amines) is 1. The van der Waals surface area contributed by atoms with E-state index < -0.39 is 12.1 Å². The van der Waals surface area contributed by atoms with Gasteiger partial charge in [-0.1, -0.05) is 55.0 Å². The Hall–Kier alpha value is -3.35. The summed E-state index contributed by atoms with van der Waals surface area (Å²) in [5, 5.41) is 12.1. The molecule has 1 heterocycles. The highest BCUT2D eigenvalue weighted by Crippen LogP contribution is 2.45. The van der Waals surface area contributed by atoms with E-state index in [0.29, 0.717) is 19.5 Å². The molecule has 2 fully saturated rings. The van der Waals surface area contributed by atoms with E-state index in [9.17, 15) is 14.4 Å². The Kier molecular flexibility index (Phi) is 6.50. The van der Waals surface area contributed by atoms with Gasteiger partial charge in [0.2, 0.25) is 5.91 Å². The van der Waals surface area contributed by atoms with Crippen molar-refractivity contribution < 1.29 is 24.2 Å². The van der Waals surface area contributed by atoms with Crippen molar-refractivity contribution in [3.63, 3.8) is 0 Å². The fourth-order valence-corrected chi connectivity index (χ4v) is 6.00. The number of hydrogen-bond donors (Lipinski definition) is 2. The second kappa shape index (κ2) is 9.72. The molecule has 2 aliphatic carbocycles. The molecular formula is C28H32N2O5. The Bertz CT molecular complexity index is 1080. The fourth-order valence-electron chi connectivity index (χ4n) is 6.00. The highest BCUT2D eigenvalue weighted by molar-refractivity contribution is 5.80. The van der Waals surface area contributed by atoms with Crippen LogP contribution in [-0.4, -0.2) is 53.7 Å². The molecule has 2 N–H and O–H groups in total. The molecule has 2 amide bonds. The third-order valence-electron chi connectivity index (χ3n) is 8.00. The highest BCUT2D eigenvalue weighted by Gasteiger charge is 2.42. The molecule has 1 atom stereocenters. The summed E-state index contributed by atoms with van der Waals surface area (Å²) in [6, 6.07) is 16.2. The largest absolute Gasteiger partial charge is 0.481 e. The second-order valence-electron chi connectivity index (χ2n) is 10.2. The number of ether oxygens (including phenoxy) is 1. The van der Waals surface area contributed by atoms with Gasteiger partial charge in [0, 0.05) is 31.5 Å². The Balaban J connectivity index is 1.16. The molecular weight excluding hydrogens is 444 g/mol. The molecule has 1 saturated carbocycles. The molecule has 0 radical (unpaired) electrons. The van der Waals surface area contributed by atoms with Crippen molar-refractivity contribution in [1.82, 2.24) is 10.2 Å². The van der Waals surface area contributed by atoms with Gasteiger partial charge in [-0.3, -0.25) is 9.59 Å². The number of fused-ring (bicyclic) bond motifs is 3. The van der Waals surface area contributed by atoms with Crippen molar-refractivity contribution in [2.45, 2.75) is 56.9 Å². The van der Waals surface area contributed by atoms with Gasteiger partial charge in [0.05, 0.1) is 6.42 Å². The quantitative estimate of drug-likeness (QED) is 0.583. The molecule has 7 nitrogen and oxygen atoms in total. The molecule has 1 aliphatic heterocycles. The van der Waals surface area contributed by atoms with Gasteiger partial charge in [0.15, 0.2) is 0 Å². The summed E-state index contributed by atoms with van der Waals surface area (Å²) in [5.74, 6) is -0.860. The van der Waals surface area contributed by atoms with Gasteiger partial charge in [0.25, 0.3) is 0 Å². The zero-order chi connectivity index (χ0) is 24.4. The van der Waals surface area contributed by atoms with E-state index in [-0.39, 0.29) is 36.3 Å². The van der Waals surface area contributed by atoms with E-state index in [2.05, 4.69) is 29.6 Å². The summed E-state index contributed by atoms with van der Waals surface area (Å²) in [7, 11) is 0. The summed E-state index contributed by atoms with van der Waals surface area (Å²) in [4.78, 5) is 38.5. The predicted octanol–water partition coefficient (Wildman–Crippen LogP) is 4.55. The van der Waals surface area contributed by atoms with Gasteiger partial charge in [0.1, 0.15) is 6.61 Å². The van der Waals surface area contributed by atoms with Gasteiger partial charge in [-0.05, 0) is 53.4 Å². The van der Waals surface area contributed by atoms with Crippen LogP contribution in [0.25, 0.3) is 11.1 Å². The topological polar surface area (TPSA) is 95.9 Å². The molecule has 0 bridgehead atoms. The van der Waals surface area contributed by atoms with Crippen molar-refractivity contribution in [2.24, 2.45) is 5.41 Å². The number of carbonyl (C=O) groups is 3. The van der Waals surface area contributed by atoms with Crippen LogP contribution in [0.1, 0.15) is 62.0 Å². The lowest BCUT2D eigenvalue weighted by Gasteiger charge is -2.42. The molecule has 2 aromatic carbocycles. The molecule has 0 unspecified atom stereocenters. The number of carboxylic acid groups (broad SMARTS) is 1. The molecule has 7 heteroatoms. The predicted molar refractivity (Wildman–Crippen MR) is 131 cm³/mol. The number of benzene rings is 2. The Morgan fingerprint density at radius 1 is 1.00 bits per heavy atom. The van der Waals surface area contributed by atoms with Gasteiger partial charge < -0.3 is 20.1 Å². The minimum Gasteiger partial charge on any atom is -0.481 e. The van der Waals surface area contributed by atoms with Crippen LogP contribution in [0.2, 0.25) is 0 Å². The lowest BCUT2D eigenvalue weighted by Crippen LogP contribution is -2.47. The van der Waals surface area contributed by atoms with Crippen LogP contribution >= 0.6 is 0 Å². The van der Waals surface area contributed by atoms with E-state index in [4.69, 9.17) is 9.84 Å². The maximum atomic E-state index is 13.0. The molecule has 0 aromatic heterocycles. The number of nitrogens with one attached hydrogen (secondary N) is 1. The van der Waals surface area contributed by atoms with Crippen LogP contribution in [0.5, 0.6) is 0 Å². The Labute approximate surface area is 205 Å². The van der Waals surface area contributed by atoms with Crippen LogP contribution in [-0.2, 0) is 14.3 Å². The molecule has 184 valence electrons. The van der Waals surface area contributed by atoms with Gasteiger partial charge in [-0.15, -0.1) is 0 Å². The monoisotopic (exact) mass is 476 g/mol. The highest BCUT2D eigenvalue weighted by atomic mass is 16.5. The maximum Gasteiger partial charge on any atom is 0.407 e. The average Bonchev–Trinajstić information content (AvgIpc) is 3.41. The smallest absolute Gasteiger partial charge is 0.407 e. The molecule has 3 aliphatic rings. The van der Waals surface area contributed by atoms with E-state index in [0.717, 1.165) is 32.1 Å². The number of alkyl carbamates (subject to hydrolysis) is 1. The summed E-state index contributed by atoms with van der Waals surface area (Å²) < 4.78 is 5.66. The number of amides is 2. The van der Waals surface area contributed by atoms with Crippen LogP contribution in [0, 0.1) is 5.41 Å². The maximum absolute atomic E-state index is 13.0. The zero-order valence-electron chi connectivity index (χ0n) is 19.9. The number of aliphatic carboxylic acids is 1. The minimum absolute atomic E-state index is 0.00258. The Morgan fingerprint density at radius 3 is 2.26 bits per heavy atom. The molecule has 0 spiro atoms. The van der Waals surface area contributed by atoms with Gasteiger partial charge >= 0.3 is 12.1 Å². The molecule has 5 rings (SSSR count). The zero-order valence-corrected chi connectivity index (χ0v) is 19.9. The first kappa shape index (κ1) is 23.4. The Morgan fingerprint density at radius 2 is 1.66 bits per heavy atom. The summed E-state index contributed by atoms with van der Waals surface area (Å²) >= 11 is 0. The van der Waals surface area contributed by atoms with Crippen molar-refractivity contribution in [3.8, 4) is 11.1 Å². The first-order chi connectivity index (χ1) is 17.0. The van der Waals surface area contributed by atoms with Crippen molar-refractivity contribution in [2.75, 3.05) is 19.7 Å². The minimum atomic E-state index is -0.870. The van der Waals surface area contributed by atoms with Crippen molar-refractivity contribution >= 4 is 18.0 Å². The lowest BCUT2D eigenvalue weighted by molar-refractivity contribution is -0.141. The number of carbonyl (C=O) groups excluding carboxylic acids is 2. The lowest BCUT2D eigenvalue weighted by atomic mass is 9.66. The SMILES string of the molecule is O=C(O)C[C@@H]1CCCN1C(=O)CC1(CNC(=O)OCC2c3ccccc3-c3ccccc32)CCC1. The first-order valence-corrected chi connectivity index (χ1v) is 12.6. The van der Waals surface area contributed by atoms with E-state index in [1.165, 1.54) is 22.3 Å². The van der Waals surface area contributed by atoms with Gasteiger partial charge in [-0.2, -0.15) is 0 Å². The summed E-state index contributed by atoms with van der Waals surface area (Å²) in [6.07, 6.45) is 4.23. The molecule has 2 aromatic rings. The fraction of sp³-hybridized carbons (Fsp3) is 0.464. The van der Waals surface area contributed by atoms with Crippen LogP contribution < -0.4 is 5.32 Å². The van der Waals surface area contributed by atoms with E-state index >= 15 is 0 Å². The summed E-state index contributed by atoms with van der Waals surface area (Å²) in [5.41, 5.74) is 4.45. The third-order valence-corrected chi connectivity index (χ3v) is 8.00. The third kappa shape index (κ3) is 4.77. The van der Waals surface area contributed by atoms with Crippen LogP contribution in [0.15, 0.2) is 48.5 Å². The van der Waals surface area contributed by atoms with E-state index in [1.54, 1.807) is 4.90 Å². The summed E-state index contributed by atoms with van der Waals surface area (Å²) in [6.45, 7) is 1.27. The number of carboxylic acids is 1. The standard InChI is InChI=1S/C28H32N2O5/c31-25(30-14-5-7-19(30)15-26(32)33)16-28(12-6-13-28)18-29-27(34)35-17-24-22-10-3-1-8-20(22)21-9-2-4-11-23(21)24/h1-4,8-11,19,24H,5-7,12-18H2,(H,29,34)(H,32,33)/t19-/m0/s1. The van der Waals surface area contributed by atoms with Crippen LogP contribution in [0.4, 0.5) is 4.79 Å². The number of hydrogen-bond acceptors (Lipinski definition) is 4. The normalized spacial score (nSPS) is 20.0. The molecule has 1 saturated heterocycles. The number of rotatable bonds is 8. The first-order valence-electron chi connectivity index (χ1n) is 12.6. The van der Waals surface area contributed by atoms with E-state index in [1.807, 2.05) is 24.3 Å².